The minimum absolute atomic E-state index is 0.0554. The number of benzene rings is 1. The number of nitrogens with one attached hydrogen (secondary N) is 1. The van der Waals surface area contributed by atoms with E-state index >= 15 is 0 Å². The quantitative estimate of drug-likeness (QED) is 0.800. The molecule has 2 amide bonds. The summed E-state index contributed by atoms with van der Waals surface area (Å²) in [5.41, 5.74) is 0.904. The summed E-state index contributed by atoms with van der Waals surface area (Å²) in [6, 6.07) is 10.2. The van der Waals surface area contributed by atoms with Crippen LogP contribution in [0.1, 0.15) is 52.0 Å². The molecule has 1 saturated heterocycles. The van der Waals surface area contributed by atoms with Crippen LogP contribution < -0.4 is 5.32 Å². The maximum atomic E-state index is 13.2. The summed E-state index contributed by atoms with van der Waals surface area (Å²) in [4.78, 5) is 30.1. The average Bonchev–Trinajstić information content (AvgIpc) is 3.22. The van der Waals surface area contributed by atoms with Gasteiger partial charge in [-0.2, -0.15) is 0 Å². The Morgan fingerprint density at radius 3 is 2.24 bits per heavy atom. The highest BCUT2D eigenvalue weighted by Crippen LogP contribution is 2.31. The molecule has 5 heteroatoms. The lowest BCUT2D eigenvalue weighted by molar-refractivity contribution is -0.142. The second kappa shape index (κ2) is 9.75. The van der Waals surface area contributed by atoms with Gasteiger partial charge in [0, 0.05) is 38.1 Å². The minimum atomic E-state index is -0.345. The largest absolute Gasteiger partial charge is 0.354 e. The Morgan fingerprint density at radius 1 is 1.03 bits per heavy atom. The highest BCUT2D eigenvalue weighted by molar-refractivity contribution is 5.83. The smallest absolute Gasteiger partial charge is 0.237 e. The van der Waals surface area contributed by atoms with E-state index in [-0.39, 0.29) is 23.3 Å². The number of amides is 2. The van der Waals surface area contributed by atoms with Crippen LogP contribution in [-0.4, -0.2) is 60.4 Å². The number of carbonyl (C=O) groups is 2. The first-order valence-electron chi connectivity index (χ1n) is 11.2. The Morgan fingerprint density at radius 2 is 1.66 bits per heavy atom. The molecule has 0 bridgehead atoms. The van der Waals surface area contributed by atoms with Crippen molar-refractivity contribution in [2.45, 2.75) is 58.9 Å². The Labute approximate surface area is 175 Å². The molecule has 29 heavy (non-hydrogen) atoms. The highest BCUT2D eigenvalue weighted by atomic mass is 16.2. The van der Waals surface area contributed by atoms with Gasteiger partial charge in [0.1, 0.15) is 0 Å². The highest BCUT2D eigenvalue weighted by Gasteiger charge is 2.38. The van der Waals surface area contributed by atoms with Crippen molar-refractivity contribution in [3.05, 3.63) is 35.9 Å². The molecule has 1 aromatic rings. The number of nitrogens with zero attached hydrogens (tertiary/aromatic N) is 2. The van der Waals surface area contributed by atoms with Gasteiger partial charge in [-0.3, -0.25) is 14.5 Å². The fourth-order valence-corrected chi connectivity index (χ4v) is 4.71. The average molecular weight is 400 g/mol. The normalized spacial score (nSPS) is 19.9. The van der Waals surface area contributed by atoms with Crippen molar-refractivity contribution in [2.75, 3.05) is 32.7 Å². The van der Waals surface area contributed by atoms with E-state index in [9.17, 15) is 9.59 Å². The van der Waals surface area contributed by atoms with Gasteiger partial charge in [0.2, 0.25) is 11.8 Å². The van der Waals surface area contributed by atoms with E-state index < -0.39 is 0 Å². The molecule has 5 nitrogen and oxygen atoms in total. The van der Waals surface area contributed by atoms with Gasteiger partial charge < -0.3 is 10.2 Å². The first kappa shape index (κ1) is 21.8. The lowest BCUT2D eigenvalue weighted by atomic mass is 9.93. The van der Waals surface area contributed by atoms with Crippen molar-refractivity contribution in [2.24, 2.45) is 11.3 Å². The summed E-state index contributed by atoms with van der Waals surface area (Å²) < 4.78 is 0. The summed E-state index contributed by atoms with van der Waals surface area (Å²) >= 11 is 0. The van der Waals surface area contributed by atoms with Gasteiger partial charge in [0.25, 0.3) is 0 Å². The van der Waals surface area contributed by atoms with Crippen LogP contribution in [0.15, 0.2) is 30.3 Å². The van der Waals surface area contributed by atoms with Crippen molar-refractivity contribution in [3.8, 4) is 0 Å². The number of hydrogen-bond acceptors (Lipinski definition) is 3. The topological polar surface area (TPSA) is 52.7 Å². The van der Waals surface area contributed by atoms with Crippen LogP contribution >= 0.6 is 0 Å². The fraction of sp³-hybridized carbons (Fsp3) is 0.667. The molecule has 1 N–H and O–H groups in total. The molecule has 0 aromatic heterocycles. The maximum absolute atomic E-state index is 13.2. The van der Waals surface area contributed by atoms with Crippen LogP contribution in [-0.2, 0) is 16.0 Å². The third-order valence-corrected chi connectivity index (χ3v) is 6.31. The van der Waals surface area contributed by atoms with E-state index in [0.29, 0.717) is 12.5 Å². The van der Waals surface area contributed by atoms with Crippen LogP contribution in [0.2, 0.25) is 0 Å². The van der Waals surface area contributed by atoms with Crippen molar-refractivity contribution in [1.82, 2.24) is 15.1 Å². The zero-order valence-electron chi connectivity index (χ0n) is 18.3. The van der Waals surface area contributed by atoms with E-state index in [0.717, 1.165) is 45.4 Å². The molecule has 160 valence electrons. The summed E-state index contributed by atoms with van der Waals surface area (Å²) in [6.07, 6.45) is 5.58. The molecule has 1 unspecified atom stereocenters. The Hall–Kier alpha value is -1.88. The second-order valence-electron chi connectivity index (χ2n) is 9.59. The lowest BCUT2D eigenvalue weighted by Crippen LogP contribution is -2.59. The molecule has 2 fully saturated rings. The SMILES string of the molecule is CC(C)(C)C(=O)N1CCN(C(C(=O)NCCc2ccccc2)C2CCCC2)CC1. The van der Waals surface area contributed by atoms with Crippen LogP contribution in [0.5, 0.6) is 0 Å². The van der Waals surface area contributed by atoms with Gasteiger partial charge in [0.05, 0.1) is 6.04 Å². The van der Waals surface area contributed by atoms with Gasteiger partial charge in [-0.05, 0) is 30.7 Å². The molecule has 2 aliphatic rings. The predicted molar refractivity (Wildman–Crippen MR) is 117 cm³/mol. The molecule has 0 radical (unpaired) electrons. The number of rotatable bonds is 6. The van der Waals surface area contributed by atoms with E-state index in [1.165, 1.54) is 18.4 Å². The number of hydrogen-bond donors (Lipinski definition) is 1. The van der Waals surface area contributed by atoms with Crippen LogP contribution in [0, 0.1) is 11.3 Å². The Bertz CT molecular complexity index is 669. The summed E-state index contributed by atoms with van der Waals surface area (Å²) in [5.74, 6) is 0.821. The molecule has 3 rings (SSSR count). The molecule has 1 saturated carbocycles. The van der Waals surface area contributed by atoms with Crippen molar-refractivity contribution in [1.29, 1.82) is 0 Å². The minimum Gasteiger partial charge on any atom is -0.354 e. The monoisotopic (exact) mass is 399 g/mol. The predicted octanol–water partition coefficient (Wildman–Crippen LogP) is 3.09. The summed E-state index contributed by atoms with van der Waals surface area (Å²) in [5, 5.41) is 3.20. The van der Waals surface area contributed by atoms with Crippen molar-refractivity contribution in [3.63, 3.8) is 0 Å². The van der Waals surface area contributed by atoms with Crippen molar-refractivity contribution < 1.29 is 9.59 Å². The zero-order chi connectivity index (χ0) is 20.9. The van der Waals surface area contributed by atoms with Crippen LogP contribution in [0.4, 0.5) is 0 Å². The van der Waals surface area contributed by atoms with Crippen LogP contribution in [0.3, 0.4) is 0 Å². The molecule has 1 aliphatic carbocycles. The molecule has 1 heterocycles. The maximum Gasteiger partial charge on any atom is 0.237 e. The van der Waals surface area contributed by atoms with Gasteiger partial charge in [-0.1, -0.05) is 63.9 Å². The summed E-state index contributed by atoms with van der Waals surface area (Å²) in [6.45, 7) is 9.61. The summed E-state index contributed by atoms with van der Waals surface area (Å²) in [7, 11) is 0. The molecule has 1 atom stereocenters. The van der Waals surface area contributed by atoms with Crippen molar-refractivity contribution >= 4 is 11.8 Å². The lowest BCUT2D eigenvalue weighted by Gasteiger charge is -2.42. The van der Waals surface area contributed by atoms with Gasteiger partial charge >= 0.3 is 0 Å². The number of piperazine rings is 1. The number of carbonyl (C=O) groups excluding carboxylic acids is 2. The Kier molecular flexibility index (Phi) is 7.33. The van der Waals surface area contributed by atoms with E-state index in [1.54, 1.807) is 0 Å². The van der Waals surface area contributed by atoms with E-state index in [4.69, 9.17) is 0 Å². The zero-order valence-corrected chi connectivity index (χ0v) is 18.3. The van der Waals surface area contributed by atoms with E-state index in [2.05, 4.69) is 22.3 Å². The Balaban J connectivity index is 1.57. The van der Waals surface area contributed by atoms with Gasteiger partial charge in [0.15, 0.2) is 0 Å². The molecule has 1 aliphatic heterocycles. The molecular weight excluding hydrogens is 362 g/mol. The first-order chi connectivity index (χ1) is 13.9. The molecular formula is C24H37N3O2. The standard InChI is InChI=1S/C24H37N3O2/c1-24(2,3)23(29)27-17-15-26(16-18-27)21(20-11-7-8-12-20)22(28)25-14-13-19-9-5-4-6-10-19/h4-6,9-10,20-21H,7-8,11-18H2,1-3H3,(H,25,28). The second-order valence-corrected chi connectivity index (χ2v) is 9.59. The third-order valence-electron chi connectivity index (χ3n) is 6.31. The van der Waals surface area contributed by atoms with E-state index in [1.807, 2.05) is 43.9 Å². The third kappa shape index (κ3) is 5.81. The molecule has 1 aromatic carbocycles. The fourth-order valence-electron chi connectivity index (χ4n) is 4.71. The van der Waals surface area contributed by atoms with Gasteiger partial charge in [-0.25, -0.2) is 0 Å². The first-order valence-corrected chi connectivity index (χ1v) is 11.2. The van der Waals surface area contributed by atoms with Crippen LogP contribution in [0.25, 0.3) is 0 Å². The molecule has 0 spiro atoms. The van der Waals surface area contributed by atoms with Gasteiger partial charge in [-0.15, -0.1) is 0 Å².